The maximum atomic E-state index is 12.0. The molecule has 3 rings (SSSR count). The van der Waals surface area contributed by atoms with Crippen LogP contribution in [0.25, 0.3) is 0 Å². The summed E-state index contributed by atoms with van der Waals surface area (Å²) in [5.41, 5.74) is 4.13. The van der Waals surface area contributed by atoms with Crippen molar-refractivity contribution in [1.82, 2.24) is 5.32 Å². The van der Waals surface area contributed by atoms with Gasteiger partial charge in [-0.1, -0.05) is 41.5 Å². The summed E-state index contributed by atoms with van der Waals surface area (Å²) in [6.45, 7) is 2.04. The van der Waals surface area contributed by atoms with Crippen molar-refractivity contribution in [2.45, 2.75) is 32.2 Å². The summed E-state index contributed by atoms with van der Waals surface area (Å²) in [4.78, 5) is 12.0. The summed E-state index contributed by atoms with van der Waals surface area (Å²) in [5, 5.41) is 3.10. The smallest absolute Gasteiger partial charge is 0.228 e. The number of nitrogens with one attached hydrogen (secondary N) is 1. The van der Waals surface area contributed by atoms with Gasteiger partial charge in [-0.25, -0.2) is 0 Å². The molecule has 0 unspecified atom stereocenters. The van der Waals surface area contributed by atoms with Crippen LogP contribution in [-0.2, 0) is 4.79 Å². The van der Waals surface area contributed by atoms with Crippen molar-refractivity contribution in [2.24, 2.45) is 5.92 Å². The highest BCUT2D eigenvalue weighted by Crippen LogP contribution is 2.48. The fourth-order valence-corrected chi connectivity index (χ4v) is 2.33. The molecule has 2 saturated carbocycles. The average Bonchev–Trinajstić information content (AvgIpc) is 3.19. The van der Waals surface area contributed by atoms with Crippen molar-refractivity contribution in [1.29, 1.82) is 0 Å². The molecule has 0 aliphatic heterocycles. The Bertz CT molecular complexity index is 469. The number of amides is 1. The van der Waals surface area contributed by atoms with E-state index in [1.807, 2.05) is 25.1 Å². The Morgan fingerprint density at radius 1 is 1.29 bits per heavy atom. The predicted octanol–water partition coefficient (Wildman–Crippen LogP) is 2.97. The molecule has 88 valence electrons. The first-order chi connectivity index (χ1) is 8.25. The van der Waals surface area contributed by atoms with Crippen molar-refractivity contribution < 1.29 is 4.79 Å². The second-order valence-electron chi connectivity index (χ2n) is 5.03. The van der Waals surface area contributed by atoms with Crippen LogP contribution in [-0.4, -0.2) is 5.91 Å². The van der Waals surface area contributed by atoms with E-state index in [0.717, 1.165) is 6.42 Å². The summed E-state index contributed by atoms with van der Waals surface area (Å²) in [7, 11) is 0. The molecule has 2 aliphatic rings. The number of hydrogen-bond donors (Lipinski definition) is 1. The lowest BCUT2D eigenvalue weighted by molar-refractivity contribution is -0.122. The van der Waals surface area contributed by atoms with E-state index >= 15 is 0 Å². The number of benzene rings is 1. The molecule has 2 fully saturated rings. The van der Waals surface area contributed by atoms with Gasteiger partial charge in [0.25, 0.3) is 0 Å². The molecule has 1 aromatic rings. The predicted molar refractivity (Wildman–Crippen MR) is 67.4 cm³/mol. The van der Waals surface area contributed by atoms with Gasteiger partial charge in [0.2, 0.25) is 5.91 Å². The zero-order valence-corrected chi connectivity index (χ0v) is 10.1. The normalized spacial score (nSPS) is 23.2. The summed E-state index contributed by atoms with van der Waals surface area (Å²) in [5.74, 6) is 0.398. The van der Waals surface area contributed by atoms with Gasteiger partial charge in [0, 0.05) is 0 Å². The number of rotatable bonds is 3. The van der Waals surface area contributed by atoms with Crippen molar-refractivity contribution in [2.75, 3.05) is 0 Å². The molecule has 2 nitrogen and oxygen atoms in total. The highest BCUT2D eigenvalue weighted by molar-refractivity contribution is 5.87. The van der Waals surface area contributed by atoms with Crippen LogP contribution >= 0.6 is 0 Å². The lowest BCUT2D eigenvalue weighted by Crippen LogP contribution is -2.27. The minimum absolute atomic E-state index is 0.106. The maximum Gasteiger partial charge on any atom is 0.228 e. The Labute approximate surface area is 102 Å². The van der Waals surface area contributed by atoms with Gasteiger partial charge in [-0.2, -0.15) is 0 Å². The molecule has 0 heterocycles. The maximum absolute atomic E-state index is 12.0. The van der Waals surface area contributed by atoms with Crippen LogP contribution in [0.15, 0.2) is 41.5 Å². The molecule has 0 saturated heterocycles. The first kappa shape index (κ1) is 10.6. The SMILES string of the molecule is C[C@@H](NC(=O)[C@@H]1CC1=C1CC1)c1ccccc1. The molecule has 2 heteroatoms. The number of hydrogen-bond acceptors (Lipinski definition) is 1. The van der Waals surface area contributed by atoms with Gasteiger partial charge in [0.05, 0.1) is 12.0 Å². The van der Waals surface area contributed by atoms with Gasteiger partial charge in [-0.05, 0) is 31.7 Å². The molecular weight excluding hydrogens is 210 g/mol. The lowest BCUT2D eigenvalue weighted by atomic mass is 10.1. The fourth-order valence-electron chi connectivity index (χ4n) is 2.33. The van der Waals surface area contributed by atoms with Gasteiger partial charge in [0.1, 0.15) is 0 Å². The minimum atomic E-state index is 0.106. The fraction of sp³-hybridized carbons (Fsp3) is 0.400. The van der Waals surface area contributed by atoms with Crippen molar-refractivity contribution in [3.05, 3.63) is 47.0 Å². The van der Waals surface area contributed by atoms with E-state index in [4.69, 9.17) is 0 Å². The molecule has 1 aromatic carbocycles. The van der Waals surface area contributed by atoms with Crippen LogP contribution in [0.2, 0.25) is 0 Å². The van der Waals surface area contributed by atoms with E-state index in [9.17, 15) is 4.79 Å². The van der Waals surface area contributed by atoms with Gasteiger partial charge in [0.15, 0.2) is 0 Å². The third-order valence-electron chi connectivity index (χ3n) is 3.61. The van der Waals surface area contributed by atoms with Gasteiger partial charge < -0.3 is 5.32 Å². The topological polar surface area (TPSA) is 29.1 Å². The second-order valence-corrected chi connectivity index (χ2v) is 5.03. The van der Waals surface area contributed by atoms with Crippen LogP contribution in [0, 0.1) is 5.92 Å². The molecule has 0 radical (unpaired) electrons. The van der Waals surface area contributed by atoms with Crippen molar-refractivity contribution >= 4 is 5.91 Å². The van der Waals surface area contributed by atoms with Gasteiger partial charge in [-0.3, -0.25) is 4.79 Å². The average molecular weight is 227 g/mol. The zero-order valence-electron chi connectivity index (χ0n) is 10.1. The Hall–Kier alpha value is -1.57. The van der Waals surface area contributed by atoms with E-state index in [2.05, 4.69) is 17.4 Å². The molecule has 17 heavy (non-hydrogen) atoms. The Morgan fingerprint density at radius 2 is 2.00 bits per heavy atom. The molecule has 0 spiro atoms. The molecule has 1 N–H and O–H groups in total. The van der Waals surface area contributed by atoms with Gasteiger partial charge >= 0.3 is 0 Å². The van der Waals surface area contributed by atoms with Crippen LogP contribution in [0.1, 0.15) is 37.8 Å². The second kappa shape index (κ2) is 4.02. The van der Waals surface area contributed by atoms with Crippen LogP contribution < -0.4 is 5.32 Å². The highest BCUT2D eigenvalue weighted by atomic mass is 16.2. The van der Waals surface area contributed by atoms with Crippen molar-refractivity contribution in [3.63, 3.8) is 0 Å². The number of allylic oxidation sites excluding steroid dienone is 1. The molecule has 0 bridgehead atoms. The molecule has 1 amide bonds. The summed E-state index contributed by atoms with van der Waals surface area (Å²) >= 11 is 0. The quantitative estimate of drug-likeness (QED) is 0.790. The molecular formula is C15H17NO. The van der Waals surface area contributed by atoms with E-state index in [-0.39, 0.29) is 17.9 Å². The number of carbonyl (C=O) groups is 1. The Balaban J connectivity index is 1.60. The first-order valence-electron chi connectivity index (χ1n) is 6.32. The first-order valence-corrected chi connectivity index (χ1v) is 6.32. The van der Waals surface area contributed by atoms with Crippen LogP contribution in [0.4, 0.5) is 0 Å². The van der Waals surface area contributed by atoms with E-state index < -0.39 is 0 Å². The Kier molecular flexibility index (Phi) is 2.50. The van der Waals surface area contributed by atoms with E-state index in [1.54, 1.807) is 0 Å². The third-order valence-corrected chi connectivity index (χ3v) is 3.61. The largest absolute Gasteiger partial charge is 0.349 e. The van der Waals surface area contributed by atoms with Crippen LogP contribution in [0.3, 0.4) is 0 Å². The van der Waals surface area contributed by atoms with Gasteiger partial charge in [-0.15, -0.1) is 0 Å². The summed E-state index contributed by atoms with van der Waals surface area (Å²) < 4.78 is 0. The van der Waals surface area contributed by atoms with E-state index in [1.165, 1.54) is 29.6 Å². The molecule has 0 aromatic heterocycles. The lowest BCUT2D eigenvalue weighted by Gasteiger charge is -2.13. The van der Waals surface area contributed by atoms with Crippen molar-refractivity contribution in [3.8, 4) is 0 Å². The molecule has 2 atom stereocenters. The molecule has 2 aliphatic carbocycles. The zero-order chi connectivity index (χ0) is 11.8. The number of carbonyl (C=O) groups excluding carboxylic acids is 1. The monoisotopic (exact) mass is 227 g/mol. The summed E-state index contributed by atoms with van der Waals surface area (Å²) in [6, 6.07) is 10.2. The van der Waals surface area contributed by atoms with E-state index in [0.29, 0.717) is 0 Å². The summed E-state index contributed by atoms with van der Waals surface area (Å²) in [6.07, 6.45) is 3.46. The highest BCUT2D eigenvalue weighted by Gasteiger charge is 2.41. The minimum Gasteiger partial charge on any atom is -0.349 e. The Morgan fingerprint density at radius 3 is 2.65 bits per heavy atom. The van der Waals surface area contributed by atoms with Crippen LogP contribution in [0.5, 0.6) is 0 Å². The third kappa shape index (κ3) is 2.26. The standard InChI is InChI=1S/C15H17NO/c1-10(11-5-3-2-4-6-11)16-15(17)14-9-13(14)12-7-8-12/h2-6,10,14H,7-9H2,1H3,(H,16,17)/t10-,14-/m1/s1.